The first-order valence-corrected chi connectivity index (χ1v) is 7.15. The number of hydrogen-bond donors (Lipinski definition) is 2. The summed E-state index contributed by atoms with van der Waals surface area (Å²) < 4.78 is 79.0. The van der Waals surface area contributed by atoms with Crippen molar-refractivity contribution in [3.63, 3.8) is 0 Å². The second-order valence-electron chi connectivity index (χ2n) is 5.62. The topological polar surface area (TPSA) is 86.0 Å². The van der Waals surface area contributed by atoms with Crippen LogP contribution in [0.5, 0.6) is 0 Å². The van der Waals surface area contributed by atoms with E-state index in [-0.39, 0.29) is 29.9 Å². The number of nitrogen functional groups attached to an aromatic ring is 1. The fraction of sp³-hybridized carbons (Fsp3) is 0.286. The zero-order valence-corrected chi connectivity index (χ0v) is 12.9. The monoisotopic (exact) mass is 378 g/mol. The van der Waals surface area contributed by atoms with Crippen molar-refractivity contribution in [2.24, 2.45) is 5.73 Å². The smallest absolute Gasteiger partial charge is 0.368 e. The number of halogens is 6. The number of hydrogen-bond acceptors (Lipinski definition) is 5. The molecule has 0 aliphatic carbocycles. The Hall–Kier alpha value is -2.76. The molecule has 26 heavy (non-hydrogen) atoms. The van der Waals surface area contributed by atoms with Gasteiger partial charge in [0.15, 0.2) is 5.82 Å². The first-order valence-electron chi connectivity index (χ1n) is 7.15. The lowest BCUT2D eigenvalue weighted by atomic mass is 10.0. The molecule has 2 aromatic rings. The number of nitrogens with zero attached hydrogens (tertiary/aromatic N) is 4. The standard InChI is InChI=1S/C14H12F6N6/c15-13(16,17)8-3-7(4-9(5-8)14(18,19)20)6-25-1-2-26-11(10(25)21)23-24-12(26)22/h1-5,10H,6,21H2,(H2,22,24). The van der Waals surface area contributed by atoms with Gasteiger partial charge in [-0.05, 0) is 23.8 Å². The van der Waals surface area contributed by atoms with Crippen molar-refractivity contribution < 1.29 is 26.3 Å². The van der Waals surface area contributed by atoms with Crippen LogP contribution in [-0.4, -0.2) is 19.7 Å². The van der Waals surface area contributed by atoms with Gasteiger partial charge in [-0.3, -0.25) is 4.57 Å². The molecule has 0 spiro atoms. The molecule has 12 heteroatoms. The molecule has 0 amide bonds. The molecule has 0 bridgehead atoms. The number of nitrogens with two attached hydrogens (primary N) is 2. The molecule has 1 unspecified atom stereocenters. The summed E-state index contributed by atoms with van der Waals surface area (Å²) >= 11 is 0. The summed E-state index contributed by atoms with van der Waals surface area (Å²) in [6, 6.07) is 1.39. The number of fused-ring (bicyclic) bond motifs is 1. The third-order valence-corrected chi connectivity index (χ3v) is 3.79. The van der Waals surface area contributed by atoms with Crippen molar-refractivity contribution in [2.75, 3.05) is 5.73 Å². The van der Waals surface area contributed by atoms with E-state index in [0.29, 0.717) is 12.1 Å². The van der Waals surface area contributed by atoms with Crippen LogP contribution in [0.15, 0.2) is 24.4 Å². The molecule has 0 fully saturated rings. The van der Waals surface area contributed by atoms with Crippen LogP contribution in [0.4, 0.5) is 32.3 Å². The molecular formula is C14H12F6N6. The maximum Gasteiger partial charge on any atom is 0.416 e. The highest BCUT2D eigenvalue weighted by Gasteiger charge is 2.37. The van der Waals surface area contributed by atoms with E-state index >= 15 is 0 Å². The fourth-order valence-electron chi connectivity index (χ4n) is 2.54. The van der Waals surface area contributed by atoms with E-state index in [0.717, 1.165) is 0 Å². The average molecular weight is 378 g/mol. The van der Waals surface area contributed by atoms with Crippen molar-refractivity contribution in [3.8, 4) is 0 Å². The quantitative estimate of drug-likeness (QED) is 0.785. The minimum Gasteiger partial charge on any atom is -0.368 e. The average Bonchev–Trinajstić information content (AvgIpc) is 2.90. The minimum atomic E-state index is -4.91. The highest BCUT2D eigenvalue weighted by molar-refractivity contribution is 5.39. The Balaban J connectivity index is 1.95. The lowest BCUT2D eigenvalue weighted by Crippen LogP contribution is -2.34. The molecule has 0 saturated carbocycles. The van der Waals surface area contributed by atoms with Crippen LogP contribution in [0, 0.1) is 0 Å². The molecule has 4 N–H and O–H groups in total. The first-order chi connectivity index (χ1) is 12.0. The summed E-state index contributed by atoms with van der Waals surface area (Å²) in [5.41, 5.74) is 8.55. The third kappa shape index (κ3) is 3.31. The van der Waals surface area contributed by atoms with Crippen molar-refractivity contribution >= 4 is 12.1 Å². The Morgan fingerprint density at radius 3 is 2.04 bits per heavy atom. The van der Waals surface area contributed by atoms with Gasteiger partial charge in [-0.1, -0.05) is 0 Å². The number of alkyl halides is 6. The van der Waals surface area contributed by atoms with Crippen LogP contribution in [0.2, 0.25) is 0 Å². The van der Waals surface area contributed by atoms with Crippen LogP contribution >= 0.6 is 0 Å². The fourth-order valence-corrected chi connectivity index (χ4v) is 2.54. The summed E-state index contributed by atoms with van der Waals surface area (Å²) in [7, 11) is 0. The van der Waals surface area contributed by atoms with Crippen molar-refractivity contribution in [1.82, 2.24) is 19.7 Å². The Bertz CT molecular complexity index is 820. The Morgan fingerprint density at radius 2 is 1.50 bits per heavy atom. The Kier molecular flexibility index (Phi) is 4.09. The third-order valence-electron chi connectivity index (χ3n) is 3.79. The van der Waals surface area contributed by atoms with E-state index in [9.17, 15) is 26.3 Å². The van der Waals surface area contributed by atoms with Gasteiger partial charge in [-0.25, -0.2) is 0 Å². The summed E-state index contributed by atoms with van der Waals surface area (Å²) in [6.45, 7) is -0.294. The lowest BCUT2D eigenvalue weighted by Gasteiger charge is -2.30. The highest BCUT2D eigenvalue weighted by atomic mass is 19.4. The van der Waals surface area contributed by atoms with Crippen LogP contribution in [0.3, 0.4) is 0 Å². The van der Waals surface area contributed by atoms with Crippen molar-refractivity contribution in [2.45, 2.75) is 25.1 Å². The van der Waals surface area contributed by atoms with E-state index in [2.05, 4.69) is 10.2 Å². The second kappa shape index (κ2) is 5.90. The molecule has 1 aliphatic heterocycles. The number of anilines is 1. The van der Waals surface area contributed by atoms with E-state index in [4.69, 9.17) is 11.5 Å². The Labute approximate surface area is 142 Å². The minimum absolute atomic E-state index is 0.0600. The van der Waals surface area contributed by atoms with Crippen LogP contribution in [0.1, 0.15) is 28.7 Å². The molecule has 1 aromatic heterocycles. The second-order valence-corrected chi connectivity index (χ2v) is 5.62. The molecule has 1 aromatic carbocycles. The number of rotatable bonds is 2. The predicted molar refractivity (Wildman–Crippen MR) is 78.7 cm³/mol. The van der Waals surface area contributed by atoms with Gasteiger partial charge in [-0.15, -0.1) is 10.2 Å². The van der Waals surface area contributed by atoms with Gasteiger partial charge >= 0.3 is 12.4 Å². The summed E-state index contributed by atoms with van der Waals surface area (Å²) in [5, 5.41) is 7.37. The van der Waals surface area contributed by atoms with Gasteiger partial charge in [0.1, 0.15) is 6.17 Å². The first kappa shape index (κ1) is 18.0. The molecule has 3 rings (SSSR count). The molecule has 1 aliphatic rings. The van der Waals surface area contributed by atoms with E-state index in [1.54, 1.807) is 0 Å². The molecular weight excluding hydrogens is 366 g/mol. The van der Waals surface area contributed by atoms with Gasteiger partial charge in [-0.2, -0.15) is 26.3 Å². The molecule has 0 saturated heterocycles. The molecule has 140 valence electrons. The van der Waals surface area contributed by atoms with Crippen molar-refractivity contribution in [3.05, 3.63) is 46.9 Å². The van der Waals surface area contributed by atoms with Gasteiger partial charge in [0.2, 0.25) is 5.95 Å². The largest absolute Gasteiger partial charge is 0.416 e. The summed E-state index contributed by atoms with van der Waals surface area (Å²) in [6.07, 6.45) is -7.94. The molecule has 1 atom stereocenters. The lowest BCUT2D eigenvalue weighted by molar-refractivity contribution is -0.143. The van der Waals surface area contributed by atoms with E-state index in [1.165, 1.54) is 21.9 Å². The SMILES string of the molecule is Nc1nnc2n1C=CN(Cc1cc(C(F)(F)F)cc(C(F)(F)F)c1)C2N. The predicted octanol–water partition coefficient (Wildman–Crippen LogP) is 2.80. The highest BCUT2D eigenvalue weighted by Crippen LogP contribution is 2.37. The Morgan fingerprint density at radius 1 is 0.923 bits per heavy atom. The van der Waals surface area contributed by atoms with Gasteiger partial charge in [0, 0.05) is 18.9 Å². The van der Waals surface area contributed by atoms with Gasteiger partial charge in [0.25, 0.3) is 0 Å². The zero-order chi connectivity index (χ0) is 19.3. The maximum atomic E-state index is 12.9. The summed E-state index contributed by atoms with van der Waals surface area (Å²) in [4.78, 5) is 1.33. The number of aromatic nitrogens is 3. The van der Waals surface area contributed by atoms with Gasteiger partial charge in [0.05, 0.1) is 11.1 Å². The van der Waals surface area contributed by atoms with Gasteiger partial charge < -0.3 is 16.4 Å². The van der Waals surface area contributed by atoms with Crippen LogP contribution in [0.25, 0.3) is 6.20 Å². The van der Waals surface area contributed by atoms with E-state index in [1.807, 2.05) is 0 Å². The maximum absolute atomic E-state index is 12.9. The molecule has 6 nitrogen and oxygen atoms in total. The van der Waals surface area contributed by atoms with Crippen LogP contribution < -0.4 is 11.5 Å². The molecule has 2 heterocycles. The molecule has 0 radical (unpaired) electrons. The number of benzene rings is 1. The normalized spacial score (nSPS) is 17.5. The van der Waals surface area contributed by atoms with E-state index < -0.39 is 29.6 Å². The zero-order valence-electron chi connectivity index (χ0n) is 12.9. The van der Waals surface area contributed by atoms with Crippen molar-refractivity contribution in [1.29, 1.82) is 0 Å². The summed E-state index contributed by atoms with van der Waals surface area (Å²) in [5.74, 6) is 0.276. The van der Waals surface area contributed by atoms with Crippen LogP contribution in [-0.2, 0) is 18.9 Å².